The van der Waals surface area contributed by atoms with Gasteiger partial charge >= 0.3 is 0 Å². The SMILES string of the molecule is CN(C)CCC=CC(=O)Nc1ccc(N2CC[C@@H](NC(=O)c3[nH]ncc3NC(=O)c3c(Cl)cccc3Cl)C2)cc1. The highest BCUT2D eigenvalue weighted by Gasteiger charge is 2.27. The molecule has 3 amide bonds. The minimum atomic E-state index is -0.543. The number of carbonyl (C=O) groups is 3. The standard InChI is InChI=1S/C28H31Cl2N7O3/c1-36(2)14-4-3-8-24(38)32-18-9-11-20(12-10-18)37-15-13-19(17-37)33-28(40)26-23(16-31-35-26)34-27(39)25-21(29)6-5-7-22(25)30/h3,5-12,16,19H,4,13-15,17H2,1-2H3,(H,31,35)(H,32,38)(H,33,40)(H,34,39)/t19-/m1/s1. The lowest BCUT2D eigenvalue weighted by Crippen LogP contribution is -2.37. The minimum absolute atomic E-state index is 0.107. The lowest BCUT2D eigenvalue weighted by atomic mass is 10.2. The second kappa shape index (κ2) is 13.5. The molecule has 1 aromatic heterocycles. The van der Waals surface area contributed by atoms with Gasteiger partial charge in [-0.2, -0.15) is 5.10 Å². The molecule has 1 fully saturated rings. The van der Waals surface area contributed by atoms with Crippen LogP contribution in [0.25, 0.3) is 0 Å². The Kier molecular flexibility index (Phi) is 9.81. The number of carbonyl (C=O) groups excluding carboxylic acids is 3. The first kappa shape index (κ1) is 29.1. The van der Waals surface area contributed by atoms with Crippen LogP contribution in [0.1, 0.15) is 33.7 Å². The van der Waals surface area contributed by atoms with Crippen LogP contribution in [0.5, 0.6) is 0 Å². The summed E-state index contributed by atoms with van der Waals surface area (Å²) in [6.45, 7) is 2.24. The predicted molar refractivity (Wildman–Crippen MR) is 158 cm³/mol. The molecule has 2 aromatic carbocycles. The molecule has 0 bridgehead atoms. The van der Waals surface area contributed by atoms with E-state index in [4.69, 9.17) is 23.2 Å². The molecule has 0 unspecified atom stereocenters. The maximum absolute atomic E-state index is 13.0. The first-order valence-corrected chi connectivity index (χ1v) is 13.5. The summed E-state index contributed by atoms with van der Waals surface area (Å²) < 4.78 is 0. The van der Waals surface area contributed by atoms with Gasteiger partial charge in [0.25, 0.3) is 11.8 Å². The molecular weight excluding hydrogens is 553 g/mol. The highest BCUT2D eigenvalue weighted by atomic mass is 35.5. The van der Waals surface area contributed by atoms with E-state index in [1.807, 2.05) is 44.4 Å². The van der Waals surface area contributed by atoms with Gasteiger partial charge < -0.3 is 25.8 Å². The zero-order valence-electron chi connectivity index (χ0n) is 22.2. The number of benzene rings is 2. The summed E-state index contributed by atoms with van der Waals surface area (Å²) in [5.41, 5.74) is 2.17. The van der Waals surface area contributed by atoms with Crippen molar-refractivity contribution in [1.82, 2.24) is 20.4 Å². The van der Waals surface area contributed by atoms with E-state index in [0.717, 1.165) is 31.6 Å². The fraction of sp³-hybridized carbons (Fsp3) is 0.286. The highest BCUT2D eigenvalue weighted by molar-refractivity contribution is 6.40. The third-order valence-electron chi connectivity index (χ3n) is 6.34. The van der Waals surface area contributed by atoms with Crippen molar-refractivity contribution in [3.8, 4) is 0 Å². The second-order valence-corrected chi connectivity index (χ2v) is 10.5. The van der Waals surface area contributed by atoms with E-state index < -0.39 is 5.91 Å². The summed E-state index contributed by atoms with van der Waals surface area (Å²) in [7, 11) is 3.98. The molecule has 2 heterocycles. The summed E-state index contributed by atoms with van der Waals surface area (Å²) >= 11 is 12.3. The van der Waals surface area contributed by atoms with Crippen LogP contribution in [0.15, 0.2) is 60.8 Å². The van der Waals surface area contributed by atoms with E-state index in [9.17, 15) is 14.4 Å². The number of rotatable bonds is 10. The highest BCUT2D eigenvalue weighted by Crippen LogP contribution is 2.26. The van der Waals surface area contributed by atoms with Crippen LogP contribution in [-0.4, -0.2) is 72.6 Å². The number of anilines is 3. The predicted octanol–water partition coefficient (Wildman–Crippen LogP) is 4.42. The molecule has 0 aliphatic carbocycles. The van der Waals surface area contributed by atoms with Gasteiger partial charge in [-0.25, -0.2) is 0 Å². The summed E-state index contributed by atoms with van der Waals surface area (Å²) in [4.78, 5) is 42.1. The van der Waals surface area contributed by atoms with Gasteiger partial charge in [0, 0.05) is 37.1 Å². The Morgan fingerprint density at radius 1 is 1.07 bits per heavy atom. The van der Waals surface area contributed by atoms with Crippen LogP contribution in [0.3, 0.4) is 0 Å². The van der Waals surface area contributed by atoms with Crippen molar-refractivity contribution in [2.75, 3.05) is 49.3 Å². The Morgan fingerprint density at radius 3 is 2.50 bits per heavy atom. The van der Waals surface area contributed by atoms with Gasteiger partial charge in [0.05, 0.1) is 27.5 Å². The minimum Gasteiger partial charge on any atom is -0.369 e. The molecule has 0 saturated carbocycles. The topological polar surface area (TPSA) is 122 Å². The number of aromatic amines is 1. The first-order chi connectivity index (χ1) is 19.2. The van der Waals surface area contributed by atoms with E-state index in [2.05, 4.69) is 35.9 Å². The summed E-state index contributed by atoms with van der Waals surface area (Å²) in [6.07, 6.45) is 6.32. The van der Waals surface area contributed by atoms with Gasteiger partial charge in [0.15, 0.2) is 0 Å². The Morgan fingerprint density at radius 2 is 1.80 bits per heavy atom. The molecule has 210 valence electrons. The summed E-state index contributed by atoms with van der Waals surface area (Å²) in [5.74, 6) is -1.10. The molecule has 10 nitrogen and oxygen atoms in total. The maximum atomic E-state index is 13.0. The molecule has 4 rings (SSSR count). The molecule has 40 heavy (non-hydrogen) atoms. The fourth-order valence-corrected chi connectivity index (χ4v) is 4.86. The fourth-order valence-electron chi connectivity index (χ4n) is 4.29. The quantitative estimate of drug-likeness (QED) is 0.262. The third-order valence-corrected chi connectivity index (χ3v) is 6.97. The van der Waals surface area contributed by atoms with E-state index in [-0.39, 0.29) is 44.8 Å². The van der Waals surface area contributed by atoms with Crippen LogP contribution < -0.4 is 20.9 Å². The molecule has 1 aliphatic rings. The van der Waals surface area contributed by atoms with Gasteiger partial charge in [-0.1, -0.05) is 35.3 Å². The van der Waals surface area contributed by atoms with Crippen molar-refractivity contribution in [3.05, 3.63) is 82.1 Å². The molecule has 0 radical (unpaired) electrons. The molecule has 12 heteroatoms. The van der Waals surface area contributed by atoms with Crippen molar-refractivity contribution in [3.63, 3.8) is 0 Å². The molecule has 3 aromatic rings. The monoisotopic (exact) mass is 583 g/mol. The summed E-state index contributed by atoms with van der Waals surface area (Å²) in [6, 6.07) is 12.3. The lowest BCUT2D eigenvalue weighted by molar-refractivity contribution is -0.111. The van der Waals surface area contributed by atoms with Crippen LogP contribution in [0.2, 0.25) is 10.0 Å². The maximum Gasteiger partial charge on any atom is 0.271 e. The van der Waals surface area contributed by atoms with Crippen molar-refractivity contribution in [1.29, 1.82) is 0 Å². The third kappa shape index (κ3) is 7.62. The zero-order chi connectivity index (χ0) is 28.6. The number of halogens is 2. The van der Waals surface area contributed by atoms with E-state index in [0.29, 0.717) is 12.2 Å². The smallest absolute Gasteiger partial charge is 0.271 e. The Balaban J connectivity index is 1.29. The van der Waals surface area contributed by atoms with Crippen molar-refractivity contribution < 1.29 is 14.4 Å². The average molecular weight is 585 g/mol. The number of hydrogen-bond acceptors (Lipinski definition) is 6. The summed E-state index contributed by atoms with van der Waals surface area (Å²) in [5, 5.41) is 15.5. The molecule has 1 atom stereocenters. The van der Waals surface area contributed by atoms with Gasteiger partial charge in [0.2, 0.25) is 5.91 Å². The Labute approximate surface area is 242 Å². The van der Waals surface area contributed by atoms with E-state index in [1.54, 1.807) is 24.3 Å². The molecule has 0 spiro atoms. The molecular formula is C28H31Cl2N7O3. The normalized spacial score (nSPS) is 15.0. The van der Waals surface area contributed by atoms with Crippen molar-refractivity contribution >= 4 is 58.0 Å². The van der Waals surface area contributed by atoms with Gasteiger partial charge in [-0.3, -0.25) is 19.5 Å². The average Bonchev–Trinajstić information content (AvgIpc) is 3.57. The van der Waals surface area contributed by atoms with E-state index in [1.165, 1.54) is 6.20 Å². The second-order valence-electron chi connectivity index (χ2n) is 9.64. The molecule has 1 aliphatic heterocycles. The number of amides is 3. The van der Waals surface area contributed by atoms with Gasteiger partial charge in [0.1, 0.15) is 5.69 Å². The van der Waals surface area contributed by atoms with Crippen molar-refractivity contribution in [2.45, 2.75) is 18.9 Å². The Bertz CT molecular complexity index is 1370. The van der Waals surface area contributed by atoms with Crippen LogP contribution in [0, 0.1) is 0 Å². The Hall–Kier alpha value is -3.86. The van der Waals surface area contributed by atoms with E-state index >= 15 is 0 Å². The first-order valence-electron chi connectivity index (χ1n) is 12.8. The largest absolute Gasteiger partial charge is 0.369 e. The number of nitrogens with zero attached hydrogens (tertiary/aromatic N) is 3. The number of aromatic nitrogens is 2. The molecule has 4 N–H and O–H groups in total. The molecule has 1 saturated heterocycles. The van der Waals surface area contributed by atoms with Gasteiger partial charge in [-0.15, -0.1) is 0 Å². The number of H-pyrrole nitrogens is 1. The van der Waals surface area contributed by atoms with Crippen LogP contribution in [-0.2, 0) is 4.79 Å². The number of hydrogen-bond donors (Lipinski definition) is 4. The van der Waals surface area contributed by atoms with Crippen LogP contribution >= 0.6 is 23.2 Å². The lowest BCUT2D eigenvalue weighted by Gasteiger charge is -2.19. The zero-order valence-corrected chi connectivity index (χ0v) is 23.7. The van der Waals surface area contributed by atoms with Crippen LogP contribution in [0.4, 0.5) is 17.1 Å². The van der Waals surface area contributed by atoms with Crippen molar-refractivity contribution in [2.24, 2.45) is 0 Å². The van der Waals surface area contributed by atoms with Gasteiger partial charge in [-0.05, 0) is 69.4 Å². The number of nitrogens with one attached hydrogen (secondary N) is 4.